The van der Waals surface area contributed by atoms with E-state index in [0.29, 0.717) is 5.91 Å². The van der Waals surface area contributed by atoms with E-state index in [1.165, 1.54) is 5.56 Å². The highest BCUT2D eigenvalue weighted by atomic mass is 16.5. The summed E-state index contributed by atoms with van der Waals surface area (Å²) in [5.41, 5.74) is 1.20. The van der Waals surface area contributed by atoms with Crippen LogP contribution in [0.15, 0.2) is 24.3 Å². The van der Waals surface area contributed by atoms with Crippen molar-refractivity contribution in [1.29, 1.82) is 0 Å². The van der Waals surface area contributed by atoms with Crippen LogP contribution in [0.5, 0.6) is 5.75 Å². The number of nitrogens with zero attached hydrogens (tertiary/aromatic N) is 2. The summed E-state index contributed by atoms with van der Waals surface area (Å²) >= 11 is 0. The lowest BCUT2D eigenvalue weighted by Crippen LogP contribution is -2.44. The molecule has 0 aromatic heterocycles. The van der Waals surface area contributed by atoms with Gasteiger partial charge in [-0.3, -0.25) is 9.69 Å². The summed E-state index contributed by atoms with van der Waals surface area (Å²) in [4.78, 5) is 16.9. The molecular weight excluding hydrogens is 276 g/mol. The maximum atomic E-state index is 12.6. The second kappa shape index (κ2) is 8.18. The number of methoxy groups -OCH3 is 1. The number of carbonyl (C=O) groups is 1. The standard InChI is InChI=1S/C18H28N2O2/c1-4-20(5-2)18(21)16-10-8-12-19(14-16)13-15-9-6-7-11-17(15)22-3/h6-7,9,11,16H,4-5,8,10,12-14H2,1-3H3/t16-/m0/s1. The molecular formula is C18H28N2O2. The number of amides is 1. The van der Waals surface area contributed by atoms with Crippen LogP contribution in [0.4, 0.5) is 0 Å². The van der Waals surface area contributed by atoms with Gasteiger partial charge in [0.2, 0.25) is 5.91 Å². The lowest BCUT2D eigenvalue weighted by molar-refractivity contribution is -0.137. The molecule has 1 aliphatic rings. The van der Waals surface area contributed by atoms with E-state index >= 15 is 0 Å². The number of carbonyl (C=O) groups excluding carboxylic acids is 1. The van der Waals surface area contributed by atoms with Crippen molar-refractivity contribution in [3.05, 3.63) is 29.8 Å². The van der Waals surface area contributed by atoms with Crippen molar-refractivity contribution in [3.63, 3.8) is 0 Å². The van der Waals surface area contributed by atoms with Gasteiger partial charge < -0.3 is 9.64 Å². The third kappa shape index (κ3) is 4.01. The smallest absolute Gasteiger partial charge is 0.226 e. The van der Waals surface area contributed by atoms with Crippen LogP contribution in [0, 0.1) is 5.92 Å². The summed E-state index contributed by atoms with van der Waals surface area (Å²) < 4.78 is 5.43. The zero-order chi connectivity index (χ0) is 15.9. The lowest BCUT2D eigenvalue weighted by Gasteiger charge is -2.34. The van der Waals surface area contributed by atoms with Gasteiger partial charge >= 0.3 is 0 Å². The minimum atomic E-state index is 0.142. The third-order valence-corrected chi connectivity index (χ3v) is 4.52. The average molecular weight is 304 g/mol. The molecule has 4 heteroatoms. The van der Waals surface area contributed by atoms with Gasteiger partial charge in [-0.05, 0) is 39.3 Å². The third-order valence-electron chi connectivity index (χ3n) is 4.52. The van der Waals surface area contributed by atoms with Crippen LogP contribution in [0.1, 0.15) is 32.3 Å². The lowest BCUT2D eigenvalue weighted by atomic mass is 9.96. The molecule has 2 rings (SSSR count). The summed E-state index contributed by atoms with van der Waals surface area (Å²) in [5.74, 6) is 1.39. The quantitative estimate of drug-likeness (QED) is 0.810. The Labute approximate surface area is 134 Å². The molecule has 0 radical (unpaired) electrons. The first-order valence-electron chi connectivity index (χ1n) is 8.32. The SMILES string of the molecule is CCN(CC)C(=O)[C@H]1CCCN(Cc2ccccc2OC)C1. The maximum Gasteiger partial charge on any atom is 0.226 e. The van der Waals surface area contributed by atoms with Crippen LogP contribution in [-0.2, 0) is 11.3 Å². The first-order chi connectivity index (χ1) is 10.7. The molecule has 1 aromatic carbocycles. The predicted molar refractivity (Wildman–Crippen MR) is 88.9 cm³/mol. The van der Waals surface area contributed by atoms with Gasteiger partial charge in [0.05, 0.1) is 13.0 Å². The first-order valence-corrected chi connectivity index (χ1v) is 8.32. The molecule has 0 unspecified atom stereocenters. The topological polar surface area (TPSA) is 32.8 Å². The van der Waals surface area contributed by atoms with E-state index in [1.54, 1.807) is 7.11 Å². The average Bonchev–Trinajstić information content (AvgIpc) is 2.56. The van der Waals surface area contributed by atoms with Crippen molar-refractivity contribution in [1.82, 2.24) is 9.80 Å². The molecule has 22 heavy (non-hydrogen) atoms. The van der Waals surface area contributed by atoms with Crippen LogP contribution in [0.25, 0.3) is 0 Å². The second-order valence-electron chi connectivity index (χ2n) is 5.90. The monoisotopic (exact) mass is 304 g/mol. The first kappa shape index (κ1) is 16.8. The van der Waals surface area contributed by atoms with Gasteiger partial charge in [0, 0.05) is 31.7 Å². The van der Waals surface area contributed by atoms with E-state index < -0.39 is 0 Å². The van der Waals surface area contributed by atoms with Crippen molar-refractivity contribution in [2.45, 2.75) is 33.2 Å². The van der Waals surface area contributed by atoms with Crippen molar-refractivity contribution in [2.24, 2.45) is 5.92 Å². The van der Waals surface area contributed by atoms with Crippen LogP contribution < -0.4 is 4.74 Å². The van der Waals surface area contributed by atoms with Crippen molar-refractivity contribution < 1.29 is 9.53 Å². The molecule has 0 aliphatic carbocycles. The number of para-hydroxylation sites is 1. The Balaban J connectivity index is 2.00. The van der Waals surface area contributed by atoms with E-state index in [0.717, 1.165) is 51.3 Å². The van der Waals surface area contributed by atoms with E-state index in [1.807, 2.05) is 23.1 Å². The van der Waals surface area contributed by atoms with Gasteiger partial charge in [-0.15, -0.1) is 0 Å². The highest BCUT2D eigenvalue weighted by Gasteiger charge is 2.28. The highest BCUT2D eigenvalue weighted by Crippen LogP contribution is 2.24. The fourth-order valence-corrected chi connectivity index (χ4v) is 3.27. The second-order valence-corrected chi connectivity index (χ2v) is 5.90. The Hall–Kier alpha value is -1.55. The molecule has 1 aromatic rings. The normalized spacial score (nSPS) is 19.0. The minimum absolute atomic E-state index is 0.142. The number of piperidine rings is 1. The van der Waals surface area contributed by atoms with E-state index in [2.05, 4.69) is 24.8 Å². The zero-order valence-corrected chi connectivity index (χ0v) is 14.0. The Bertz CT molecular complexity index is 486. The van der Waals surface area contributed by atoms with Crippen molar-refractivity contribution in [3.8, 4) is 5.75 Å². The summed E-state index contributed by atoms with van der Waals surface area (Å²) in [5, 5.41) is 0. The molecule has 122 valence electrons. The predicted octanol–water partition coefficient (Wildman–Crippen LogP) is 2.78. The van der Waals surface area contributed by atoms with E-state index in [9.17, 15) is 4.79 Å². The van der Waals surface area contributed by atoms with Crippen LogP contribution in [0.2, 0.25) is 0 Å². The Morgan fingerprint density at radius 3 is 2.73 bits per heavy atom. The van der Waals surface area contributed by atoms with Gasteiger partial charge in [-0.1, -0.05) is 18.2 Å². The molecule has 0 N–H and O–H groups in total. The Kier molecular flexibility index (Phi) is 6.25. The molecule has 1 aliphatic heterocycles. The molecule has 1 amide bonds. The molecule has 1 saturated heterocycles. The van der Waals surface area contributed by atoms with Gasteiger partial charge in [0.1, 0.15) is 5.75 Å². The van der Waals surface area contributed by atoms with Crippen LogP contribution >= 0.6 is 0 Å². The molecule has 1 atom stereocenters. The van der Waals surface area contributed by atoms with Crippen molar-refractivity contribution >= 4 is 5.91 Å². The van der Waals surface area contributed by atoms with Gasteiger partial charge in [0.15, 0.2) is 0 Å². The van der Waals surface area contributed by atoms with Gasteiger partial charge in [0.25, 0.3) is 0 Å². The Morgan fingerprint density at radius 2 is 2.05 bits per heavy atom. The zero-order valence-electron chi connectivity index (χ0n) is 14.0. The number of hydrogen-bond donors (Lipinski definition) is 0. The van der Waals surface area contributed by atoms with Crippen LogP contribution in [-0.4, -0.2) is 49.0 Å². The summed E-state index contributed by atoms with van der Waals surface area (Å²) in [7, 11) is 1.71. The molecule has 0 saturated carbocycles. The molecule has 4 nitrogen and oxygen atoms in total. The number of benzene rings is 1. The largest absolute Gasteiger partial charge is 0.496 e. The Morgan fingerprint density at radius 1 is 1.32 bits per heavy atom. The molecule has 0 spiro atoms. The highest BCUT2D eigenvalue weighted by molar-refractivity contribution is 5.79. The van der Waals surface area contributed by atoms with E-state index in [-0.39, 0.29) is 5.92 Å². The van der Waals surface area contributed by atoms with Gasteiger partial charge in [-0.25, -0.2) is 0 Å². The number of rotatable bonds is 6. The minimum Gasteiger partial charge on any atom is -0.496 e. The molecule has 1 heterocycles. The summed E-state index contributed by atoms with van der Waals surface area (Å²) in [6.07, 6.45) is 2.10. The number of likely N-dealkylation sites (tertiary alicyclic amines) is 1. The fraction of sp³-hybridized carbons (Fsp3) is 0.611. The molecule has 1 fully saturated rings. The fourth-order valence-electron chi connectivity index (χ4n) is 3.27. The summed E-state index contributed by atoms with van der Waals surface area (Å²) in [6, 6.07) is 8.14. The van der Waals surface area contributed by atoms with Crippen LogP contribution in [0.3, 0.4) is 0 Å². The van der Waals surface area contributed by atoms with Crippen molar-refractivity contribution in [2.75, 3.05) is 33.3 Å². The van der Waals surface area contributed by atoms with E-state index in [4.69, 9.17) is 4.74 Å². The maximum absolute atomic E-state index is 12.6. The number of ether oxygens (including phenoxy) is 1. The number of hydrogen-bond acceptors (Lipinski definition) is 3. The van der Waals surface area contributed by atoms with Gasteiger partial charge in [-0.2, -0.15) is 0 Å². The molecule has 0 bridgehead atoms. The summed E-state index contributed by atoms with van der Waals surface area (Å²) in [6.45, 7) is 8.48.